The van der Waals surface area contributed by atoms with Crippen LogP contribution in [0, 0.1) is 6.92 Å². The molecule has 0 unspecified atom stereocenters. The summed E-state index contributed by atoms with van der Waals surface area (Å²) in [5.41, 5.74) is 2.14. The molecule has 150 valence electrons. The molecule has 1 amide bonds. The Morgan fingerprint density at radius 1 is 1.11 bits per heavy atom. The number of hydrogen-bond acceptors (Lipinski definition) is 4. The lowest BCUT2D eigenvalue weighted by atomic mass is 10.2. The van der Waals surface area contributed by atoms with Gasteiger partial charge in [0.2, 0.25) is 15.9 Å². The van der Waals surface area contributed by atoms with Gasteiger partial charge in [-0.05, 0) is 56.2 Å². The first-order valence-corrected chi connectivity index (χ1v) is 11.0. The van der Waals surface area contributed by atoms with Gasteiger partial charge in [0.1, 0.15) is 0 Å². The summed E-state index contributed by atoms with van der Waals surface area (Å²) in [6.07, 6.45) is 0.599. The first-order chi connectivity index (χ1) is 13.1. The van der Waals surface area contributed by atoms with Gasteiger partial charge < -0.3 is 5.32 Å². The van der Waals surface area contributed by atoms with E-state index < -0.39 is 10.0 Å². The molecule has 0 aliphatic rings. The smallest absolute Gasteiger partial charge is 0.242 e. The normalized spacial score (nSPS) is 11.5. The Hall–Kier alpha value is -2.03. The second-order valence-electron chi connectivity index (χ2n) is 6.52. The summed E-state index contributed by atoms with van der Waals surface area (Å²) < 4.78 is 27.3. The number of nitrogens with one attached hydrogen (secondary N) is 1. The molecule has 0 atom stereocenters. The largest absolute Gasteiger partial charge is 0.326 e. The van der Waals surface area contributed by atoms with Crippen LogP contribution in [0.5, 0.6) is 0 Å². The fourth-order valence-corrected chi connectivity index (χ4v) is 4.29. The summed E-state index contributed by atoms with van der Waals surface area (Å²) in [4.78, 5) is 23.6. The predicted octanol–water partition coefficient (Wildman–Crippen LogP) is 4.00. The highest BCUT2D eigenvalue weighted by Gasteiger charge is 2.20. The summed E-state index contributed by atoms with van der Waals surface area (Å²) in [5.74, 6) is -0.286. The van der Waals surface area contributed by atoms with E-state index in [0.29, 0.717) is 12.0 Å². The van der Waals surface area contributed by atoms with Crippen LogP contribution in [-0.2, 0) is 14.8 Å². The number of nitrogens with zero attached hydrogens (tertiary/aromatic N) is 1. The maximum Gasteiger partial charge on any atom is 0.242 e. The fraction of sp³-hybridized carbons (Fsp3) is 0.300. The number of sulfonamides is 1. The number of Topliss-reactive ketones (excluding diaryl/α,β-unsaturated/α-hetero) is 1. The monoisotopic (exact) mass is 466 g/mol. The summed E-state index contributed by atoms with van der Waals surface area (Å²) >= 11 is 3.38. The Kier molecular flexibility index (Phi) is 7.51. The van der Waals surface area contributed by atoms with Crippen molar-refractivity contribution in [1.29, 1.82) is 0 Å². The maximum atomic E-state index is 12.6. The Morgan fingerprint density at radius 3 is 2.32 bits per heavy atom. The van der Waals surface area contributed by atoms with Crippen LogP contribution in [0.1, 0.15) is 35.7 Å². The van der Waals surface area contributed by atoms with E-state index in [-0.39, 0.29) is 29.6 Å². The van der Waals surface area contributed by atoms with Crippen molar-refractivity contribution >= 4 is 43.3 Å². The van der Waals surface area contributed by atoms with Crippen LogP contribution in [0.25, 0.3) is 0 Å². The molecule has 6 nitrogen and oxygen atoms in total. The minimum absolute atomic E-state index is 0.120. The Bertz CT molecular complexity index is 972. The van der Waals surface area contributed by atoms with Crippen LogP contribution in [0.15, 0.2) is 51.8 Å². The highest BCUT2D eigenvalue weighted by molar-refractivity contribution is 9.10. The lowest BCUT2D eigenvalue weighted by Crippen LogP contribution is -2.28. The van der Waals surface area contributed by atoms with Crippen LogP contribution >= 0.6 is 15.9 Å². The van der Waals surface area contributed by atoms with E-state index >= 15 is 0 Å². The van der Waals surface area contributed by atoms with Crippen molar-refractivity contribution in [2.24, 2.45) is 0 Å². The molecule has 2 rings (SSSR count). The van der Waals surface area contributed by atoms with Gasteiger partial charge in [0.25, 0.3) is 0 Å². The first kappa shape index (κ1) is 22.3. The summed E-state index contributed by atoms with van der Waals surface area (Å²) in [6.45, 7) is 3.54. The molecule has 0 aliphatic heterocycles. The molecule has 0 fully saturated rings. The van der Waals surface area contributed by atoms with E-state index in [1.54, 1.807) is 0 Å². The zero-order valence-corrected chi connectivity index (χ0v) is 18.4. The van der Waals surface area contributed by atoms with Crippen molar-refractivity contribution in [3.8, 4) is 0 Å². The van der Waals surface area contributed by atoms with Gasteiger partial charge in [-0.1, -0.05) is 28.1 Å². The van der Waals surface area contributed by atoms with Gasteiger partial charge in [-0.3, -0.25) is 9.59 Å². The molecular formula is C20H23BrN2O4S. The molecule has 0 heterocycles. The molecule has 28 heavy (non-hydrogen) atoms. The number of carbonyl (C=O) groups excluding carboxylic acids is 2. The van der Waals surface area contributed by atoms with E-state index in [1.807, 2.05) is 25.1 Å². The summed E-state index contributed by atoms with van der Waals surface area (Å²) in [7, 11) is -2.19. The number of carbonyl (C=O) groups is 2. The number of rotatable bonds is 8. The number of anilines is 1. The Balaban J connectivity index is 1.90. The van der Waals surface area contributed by atoms with Crippen molar-refractivity contribution < 1.29 is 18.0 Å². The molecule has 2 aromatic carbocycles. The lowest BCUT2D eigenvalue weighted by molar-refractivity contribution is -0.116. The predicted molar refractivity (Wildman–Crippen MR) is 113 cm³/mol. The fourth-order valence-electron chi connectivity index (χ4n) is 2.60. The van der Waals surface area contributed by atoms with Gasteiger partial charge >= 0.3 is 0 Å². The number of ketones is 1. The molecule has 1 N–H and O–H groups in total. The number of benzene rings is 2. The molecule has 0 aromatic heterocycles. The molecule has 0 spiro atoms. The summed E-state index contributed by atoms with van der Waals surface area (Å²) in [6, 6.07) is 11.4. The molecule has 2 aromatic rings. The number of halogens is 1. The van der Waals surface area contributed by atoms with E-state index in [0.717, 1.165) is 15.7 Å². The zero-order valence-electron chi connectivity index (χ0n) is 16.0. The van der Waals surface area contributed by atoms with E-state index in [4.69, 9.17) is 0 Å². The highest BCUT2D eigenvalue weighted by atomic mass is 79.9. The van der Waals surface area contributed by atoms with Crippen LogP contribution in [0.3, 0.4) is 0 Å². The van der Waals surface area contributed by atoms with Crippen molar-refractivity contribution in [2.45, 2.75) is 31.6 Å². The minimum atomic E-state index is -3.66. The maximum absolute atomic E-state index is 12.6. The van der Waals surface area contributed by atoms with Crippen LogP contribution in [0.2, 0.25) is 0 Å². The number of hydrogen-bond donors (Lipinski definition) is 1. The van der Waals surface area contributed by atoms with Gasteiger partial charge in [0.15, 0.2) is 5.78 Å². The number of aryl methyl sites for hydroxylation is 1. The SMILES string of the molecule is CC(=O)c1ccc(S(=O)(=O)N(C)CCCC(=O)Nc2ccc(Br)cc2C)cc1. The van der Waals surface area contributed by atoms with Crippen molar-refractivity contribution in [2.75, 3.05) is 18.9 Å². The molecule has 0 saturated carbocycles. The third kappa shape index (κ3) is 5.73. The van der Waals surface area contributed by atoms with Gasteiger partial charge in [-0.15, -0.1) is 0 Å². The average Bonchev–Trinajstić information content (AvgIpc) is 2.64. The Morgan fingerprint density at radius 2 is 1.75 bits per heavy atom. The second-order valence-corrected chi connectivity index (χ2v) is 9.48. The zero-order chi connectivity index (χ0) is 20.9. The van der Waals surface area contributed by atoms with E-state index in [2.05, 4.69) is 21.2 Å². The van der Waals surface area contributed by atoms with E-state index in [9.17, 15) is 18.0 Å². The lowest BCUT2D eigenvalue weighted by Gasteiger charge is -2.17. The van der Waals surface area contributed by atoms with Crippen LogP contribution in [-0.4, -0.2) is 38.0 Å². The molecule has 0 bridgehead atoms. The quantitative estimate of drug-likeness (QED) is 0.595. The molecule has 0 aliphatic carbocycles. The first-order valence-electron chi connectivity index (χ1n) is 8.74. The average molecular weight is 467 g/mol. The molecule has 0 radical (unpaired) electrons. The van der Waals surface area contributed by atoms with Crippen molar-refractivity contribution in [3.63, 3.8) is 0 Å². The minimum Gasteiger partial charge on any atom is -0.326 e. The molecule has 0 saturated heterocycles. The van der Waals surface area contributed by atoms with Crippen LogP contribution in [0.4, 0.5) is 5.69 Å². The molecule has 8 heteroatoms. The van der Waals surface area contributed by atoms with Gasteiger partial charge in [-0.25, -0.2) is 12.7 Å². The second kappa shape index (κ2) is 9.45. The summed E-state index contributed by atoms with van der Waals surface area (Å²) in [5, 5.41) is 2.84. The third-order valence-corrected chi connectivity index (χ3v) is 6.67. The third-order valence-electron chi connectivity index (χ3n) is 4.31. The van der Waals surface area contributed by atoms with Gasteiger partial charge in [0, 0.05) is 35.7 Å². The van der Waals surface area contributed by atoms with Crippen molar-refractivity contribution in [1.82, 2.24) is 4.31 Å². The number of amides is 1. The van der Waals surface area contributed by atoms with Gasteiger partial charge in [0.05, 0.1) is 4.90 Å². The van der Waals surface area contributed by atoms with E-state index in [1.165, 1.54) is 42.5 Å². The van der Waals surface area contributed by atoms with Crippen LogP contribution < -0.4 is 5.32 Å². The standard InChI is InChI=1S/C20H23BrN2O4S/c1-14-13-17(21)8-11-19(14)22-20(25)5-4-12-23(3)28(26,27)18-9-6-16(7-10-18)15(2)24/h6-11,13H,4-5,12H2,1-3H3,(H,22,25). The highest BCUT2D eigenvalue weighted by Crippen LogP contribution is 2.20. The van der Waals surface area contributed by atoms with Gasteiger partial charge in [-0.2, -0.15) is 0 Å². The molecular weight excluding hydrogens is 444 g/mol. The van der Waals surface area contributed by atoms with Crippen molar-refractivity contribution in [3.05, 3.63) is 58.1 Å². The topological polar surface area (TPSA) is 83.6 Å². The Labute approximate surface area is 174 Å².